The summed E-state index contributed by atoms with van der Waals surface area (Å²) in [5, 5.41) is 19.8. The van der Waals surface area contributed by atoms with E-state index in [1.54, 1.807) is 0 Å². The lowest BCUT2D eigenvalue weighted by molar-refractivity contribution is -0.763. The number of esters is 1. The minimum Gasteiger partial charge on any atom is -0.506 e. The number of aliphatic hydroxyl groups is 2. The molecule has 0 saturated carbocycles. The van der Waals surface area contributed by atoms with Gasteiger partial charge in [0.25, 0.3) is 0 Å². The maximum absolute atomic E-state index is 11.5. The summed E-state index contributed by atoms with van der Waals surface area (Å²) in [4.78, 5) is 28.8. The maximum Gasteiger partial charge on any atom is 0.470 e. The molecule has 0 fully saturated rings. The first-order valence-electron chi connectivity index (χ1n) is 6.29. The lowest BCUT2D eigenvalue weighted by Crippen LogP contribution is -2.45. The second kappa shape index (κ2) is 6.65. The average Bonchev–Trinajstić information content (AvgIpc) is 2.79. The number of hydrogen-bond donors (Lipinski definition) is 4. The van der Waals surface area contributed by atoms with Gasteiger partial charge in [-0.25, -0.2) is 9.36 Å². The fraction of sp³-hybridized carbons (Fsp3) is 0.333. The molecule has 0 aliphatic carbocycles. The lowest BCUT2D eigenvalue weighted by atomic mass is 10.2. The number of nitrogens with zero attached hydrogens (tertiary/aromatic N) is 1. The maximum atomic E-state index is 11.5. The van der Waals surface area contributed by atoms with Crippen molar-refractivity contribution in [2.45, 2.75) is 12.3 Å². The molecule has 11 heteroatoms. The fourth-order valence-electron chi connectivity index (χ4n) is 1.93. The van der Waals surface area contributed by atoms with Gasteiger partial charge in [-0.05, 0) is 6.07 Å². The SMILES string of the molecule is COC(=O)c1ccc[n+]([C@@H]2OC(COP(=O)(O)O)=C(O)[C@@H]2O)c1. The first-order chi connectivity index (χ1) is 10.7. The molecule has 10 nitrogen and oxygen atoms in total. The van der Waals surface area contributed by atoms with Crippen molar-refractivity contribution in [2.24, 2.45) is 0 Å². The Hall–Kier alpha value is -1.97. The molecule has 1 aromatic heterocycles. The number of phosphoric ester groups is 1. The van der Waals surface area contributed by atoms with E-state index in [0.29, 0.717) is 0 Å². The number of aliphatic hydroxyl groups excluding tert-OH is 2. The zero-order valence-corrected chi connectivity index (χ0v) is 12.8. The summed E-state index contributed by atoms with van der Waals surface area (Å²) in [6.07, 6.45) is 0.179. The first kappa shape index (κ1) is 17.4. The van der Waals surface area contributed by atoms with Crippen LogP contribution >= 0.6 is 7.82 Å². The van der Waals surface area contributed by atoms with Crippen molar-refractivity contribution >= 4 is 13.8 Å². The van der Waals surface area contributed by atoms with Crippen molar-refractivity contribution in [3.63, 3.8) is 0 Å². The average molecular weight is 348 g/mol. The highest BCUT2D eigenvalue weighted by Crippen LogP contribution is 2.38. The molecule has 1 aliphatic rings. The van der Waals surface area contributed by atoms with Crippen LogP contribution in [0.3, 0.4) is 0 Å². The van der Waals surface area contributed by atoms with Crippen LogP contribution in [-0.4, -0.2) is 45.8 Å². The summed E-state index contributed by atoms with van der Waals surface area (Å²) in [6, 6.07) is 2.98. The highest BCUT2D eigenvalue weighted by molar-refractivity contribution is 7.46. The van der Waals surface area contributed by atoms with Gasteiger partial charge in [-0.3, -0.25) is 4.52 Å². The number of hydrogen-bond acceptors (Lipinski definition) is 7. The fourth-order valence-corrected chi connectivity index (χ4v) is 2.22. The minimum atomic E-state index is -4.76. The van der Waals surface area contributed by atoms with E-state index in [9.17, 15) is 19.6 Å². The Morgan fingerprint density at radius 2 is 2.17 bits per heavy atom. The number of phosphoric acid groups is 1. The van der Waals surface area contributed by atoms with Gasteiger partial charge < -0.3 is 29.5 Å². The van der Waals surface area contributed by atoms with Crippen LogP contribution in [0.5, 0.6) is 0 Å². The molecule has 23 heavy (non-hydrogen) atoms. The number of ether oxygens (including phenoxy) is 2. The molecule has 0 unspecified atom stereocenters. The molecule has 2 atom stereocenters. The van der Waals surface area contributed by atoms with E-state index in [1.807, 2.05) is 0 Å². The third-order valence-electron chi connectivity index (χ3n) is 3.00. The second-order valence-corrected chi connectivity index (χ2v) is 5.80. The van der Waals surface area contributed by atoms with Gasteiger partial charge in [-0.1, -0.05) is 0 Å². The Morgan fingerprint density at radius 3 is 2.78 bits per heavy atom. The summed E-state index contributed by atoms with van der Waals surface area (Å²) < 4.78 is 26.0. The molecule has 0 saturated heterocycles. The van der Waals surface area contributed by atoms with Crippen LogP contribution in [0.25, 0.3) is 0 Å². The van der Waals surface area contributed by atoms with Crippen molar-refractivity contribution in [3.8, 4) is 0 Å². The molecule has 0 radical (unpaired) electrons. The van der Waals surface area contributed by atoms with Crippen LogP contribution in [-0.2, 0) is 18.6 Å². The van der Waals surface area contributed by atoms with Gasteiger partial charge in [0.1, 0.15) is 12.2 Å². The van der Waals surface area contributed by atoms with Crippen LogP contribution in [0, 0.1) is 0 Å². The molecule has 0 spiro atoms. The molecular formula is C12H15NO9P+. The molecule has 0 bridgehead atoms. The van der Waals surface area contributed by atoms with Crippen molar-refractivity contribution in [1.82, 2.24) is 0 Å². The molecule has 0 aromatic carbocycles. The van der Waals surface area contributed by atoms with E-state index in [2.05, 4.69) is 9.26 Å². The van der Waals surface area contributed by atoms with Gasteiger partial charge in [-0.15, -0.1) is 0 Å². The minimum absolute atomic E-state index is 0.185. The number of rotatable bonds is 5. The zero-order chi connectivity index (χ0) is 17.2. The van der Waals surface area contributed by atoms with Crippen LogP contribution in [0.4, 0.5) is 0 Å². The van der Waals surface area contributed by atoms with Gasteiger partial charge in [0, 0.05) is 6.07 Å². The number of carbonyl (C=O) groups is 1. The normalized spacial score (nSPS) is 21.2. The smallest absolute Gasteiger partial charge is 0.470 e. The number of carbonyl (C=O) groups excluding carboxylic acids is 1. The van der Waals surface area contributed by atoms with Crippen molar-refractivity contribution in [3.05, 3.63) is 41.6 Å². The summed E-state index contributed by atoms with van der Waals surface area (Å²) in [6.45, 7) is -0.721. The monoisotopic (exact) mass is 348 g/mol. The Bertz CT molecular complexity index is 683. The summed E-state index contributed by atoms with van der Waals surface area (Å²) in [5.74, 6) is -1.53. The molecule has 4 N–H and O–H groups in total. The Labute approximate surface area is 130 Å². The van der Waals surface area contributed by atoms with Gasteiger partial charge in [0.2, 0.25) is 6.10 Å². The van der Waals surface area contributed by atoms with Crippen LogP contribution < -0.4 is 4.57 Å². The first-order valence-corrected chi connectivity index (χ1v) is 7.82. The lowest BCUT2D eigenvalue weighted by Gasteiger charge is -2.11. The summed E-state index contributed by atoms with van der Waals surface area (Å²) >= 11 is 0. The highest BCUT2D eigenvalue weighted by atomic mass is 31.2. The topological polar surface area (TPSA) is 147 Å². The molecule has 1 aromatic rings. The van der Waals surface area contributed by atoms with Crippen molar-refractivity contribution < 1.29 is 47.9 Å². The van der Waals surface area contributed by atoms with Crippen LogP contribution in [0.1, 0.15) is 16.6 Å². The Kier molecular flexibility index (Phi) is 5.03. The van der Waals surface area contributed by atoms with E-state index in [1.165, 1.54) is 36.2 Å². The predicted octanol–water partition coefficient (Wildman–Crippen LogP) is -0.471. The van der Waals surface area contributed by atoms with Crippen LogP contribution in [0.2, 0.25) is 0 Å². The molecule has 2 heterocycles. The number of aromatic nitrogens is 1. The quantitative estimate of drug-likeness (QED) is 0.315. The van der Waals surface area contributed by atoms with Gasteiger partial charge >= 0.3 is 20.0 Å². The third-order valence-corrected chi connectivity index (χ3v) is 3.47. The van der Waals surface area contributed by atoms with E-state index in [4.69, 9.17) is 14.5 Å². The molecular weight excluding hydrogens is 333 g/mol. The molecule has 1 aliphatic heterocycles. The van der Waals surface area contributed by atoms with E-state index < -0.39 is 38.5 Å². The van der Waals surface area contributed by atoms with E-state index in [0.717, 1.165) is 0 Å². The summed E-state index contributed by atoms with van der Waals surface area (Å²) in [5.41, 5.74) is 0.185. The van der Waals surface area contributed by atoms with Crippen molar-refractivity contribution in [2.75, 3.05) is 13.7 Å². The van der Waals surface area contributed by atoms with Gasteiger partial charge in [-0.2, -0.15) is 4.57 Å². The standard InChI is InChI=1S/C12H14NO9P/c1-20-12(16)7-3-2-4-13(5-7)11-10(15)9(14)8(22-11)6-21-23(17,18)19/h2-5,10-11,15H,6H2,1H3,(H2-,14,17,18,19)/p+1/t10-,11+/m0/s1. The van der Waals surface area contributed by atoms with Crippen molar-refractivity contribution in [1.29, 1.82) is 0 Å². The zero-order valence-electron chi connectivity index (χ0n) is 11.9. The third kappa shape index (κ3) is 4.06. The Balaban J connectivity index is 2.17. The van der Waals surface area contributed by atoms with Crippen LogP contribution in [0.15, 0.2) is 36.0 Å². The molecule has 0 amide bonds. The molecule has 126 valence electrons. The van der Waals surface area contributed by atoms with Gasteiger partial charge in [0.05, 0.1) is 7.11 Å². The summed E-state index contributed by atoms with van der Waals surface area (Å²) in [7, 11) is -3.54. The molecule has 2 rings (SSSR count). The van der Waals surface area contributed by atoms with E-state index in [-0.39, 0.29) is 11.3 Å². The van der Waals surface area contributed by atoms with Gasteiger partial charge in [0.15, 0.2) is 23.9 Å². The highest BCUT2D eigenvalue weighted by Gasteiger charge is 2.43. The second-order valence-electron chi connectivity index (χ2n) is 4.56. The Morgan fingerprint density at radius 1 is 1.48 bits per heavy atom. The largest absolute Gasteiger partial charge is 0.506 e. The van der Waals surface area contributed by atoms with E-state index >= 15 is 0 Å². The predicted molar refractivity (Wildman–Crippen MR) is 71.8 cm³/mol. The number of methoxy groups -OCH3 is 1. The number of pyridine rings is 1.